The molecule has 1 aromatic heterocycles. The maximum atomic E-state index is 11.1. The molecule has 0 aliphatic rings. The number of Topliss-reactive ketones (excluding diaryl/α,β-unsaturated/α-hetero) is 1. The first-order valence-corrected chi connectivity index (χ1v) is 4.61. The van der Waals surface area contributed by atoms with Gasteiger partial charge in [-0.25, -0.2) is 0 Å². The Morgan fingerprint density at radius 2 is 2.21 bits per heavy atom. The van der Waals surface area contributed by atoms with Gasteiger partial charge < -0.3 is 0 Å². The van der Waals surface area contributed by atoms with Gasteiger partial charge in [0.05, 0.1) is 0 Å². The van der Waals surface area contributed by atoms with Crippen molar-refractivity contribution in [3.8, 4) is 0 Å². The van der Waals surface area contributed by atoms with E-state index in [1.807, 2.05) is 12.1 Å². The zero-order chi connectivity index (χ0) is 10.1. The molecule has 0 aliphatic heterocycles. The van der Waals surface area contributed by atoms with E-state index in [1.54, 1.807) is 18.3 Å². The van der Waals surface area contributed by atoms with Gasteiger partial charge in [-0.15, -0.1) is 0 Å². The van der Waals surface area contributed by atoms with Gasteiger partial charge in [0.1, 0.15) is 5.69 Å². The van der Waals surface area contributed by atoms with Gasteiger partial charge >= 0.3 is 0 Å². The lowest BCUT2D eigenvalue weighted by Gasteiger charge is -2.01. The molecule has 0 bridgehead atoms. The Balaban J connectivity index is 2.76. The third kappa shape index (κ3) is 1.49. The minimum atomic E-state index is -0.0492. The molecule has 0 saturated carbocycles. The smallest absolute Gasteiger partial charge is 0.178 e. The number of benzene rings is 1. The number of rotatable bonds is 1. The third-order valence-electron chi connectivity index (χ3n) is 2.07. The maximum absolute atomic E-state index is 11.1. The first-order chi connectivity index (χ1) is 6.68. The average molecular weight is 206 g/mol. The lowest BCUT2D eigenvalue weighted by atomic mass is 10.1. The Bertz CT molecular complexity index is 508. The molecule has 0 atom stereocenters. The number of hydrogen-bond donors (Lipinski definition) is 0. The fraction of sp³-hybridized carbons (Fsp3) is 0.0909. The van der Waals surface area contributed by atoms with Crippen LogP contribution < -0.4 is 0 Å². The highest BCUT2D eigenvalue weighted by molar-refractivity contribution is 6.35. The summed E-state index contributed by atoms with van der Waals surface area (Å²) in [6, 6.07) is 7.30. The Hall–Kier alpha value is -1.41. The number of hydrogen-bond acceptors (Lipinski definition) is 2. The number of nitrogens with zero attached hydrogens (tertiary/aromatic N) is 1. The highest BCUT2D eigenvalue weighted by atomic mass is 35.5. The molecular formula is C11H8ClNO. The van der Waals surface area contributed by atoms with Crippen molar-refractivity contribution in [3.05, 3.63) is 41.2 Å². The number of fused-ring (bicyclic) bond motifs is 1. The number of carbonyl (C=O) groups excluding carboxylic acids is 1. The normalized spacial score (nSPS) is 10.4. The maximum Gasteiger partial charge on any atom is 0.178 e. The van der Waals surface area contributed by atoms with Crippen molar-refractivity contribution in [2.24, 2.45) is 0 Å². The van der Waals surface area contributed by atoms with Crippen molar-refractivity contribution in [3.63, 3.8) is 0 Å². The molecule has 2 nitrogen and oxygen atoms in total. The topological polar surface area (TPSA) is 30.0 Å². The molecular weight excluding hydrogens is 198 g/mol. The van der Waals surface area contributed by atoms with E-state index in [4.69, 9.17) is 11.6 Å². The number of ketones is 1. The fourth-order valence-corrected chi connectivity index (χ4v) is 1.56. The van der Waals surface area contributed by atoms with Crippen LogP contribution in [0.4, 0.5) is 0 Å². The summed E-state index contributed by atoms with van der Waals surface area (Å²) in [5.41, 5.74) is 0.450. The largest absolute Gasteiger partial charge is 0.293 e. The molecule has 1 heterocycles. The van der Waals surface area contributed by atoms with Gasteiger partial charge in [-0.05, 0) is 12.1 Å². The summed E-state index contributed by atoms with van der Waals surface area (Å²) >= 11 is 5.99. The van der Waals surface area contributed by atoms with Crippen LogP contribution >= 0.6 is 11.6 Å². The summed E-state index contributed by atoms with van der Waals surface area (Å²) in [6.07, 6.45) is 1.66. The van der Waals surface area contributed by atoms with Crippen LogP contribution in [0.15, 0.2) is 30.5 Å². The first kappa shape index (κ1) is 9.16. The number of halogens is 1. The van der Waals surface area contributed by atoms with Crippen molar-refractivity contribution < 1.29 is 4.79 Å². The van der Waals surface area contributed by atoms with Gasteiger partial charge in [0.15, 0.2) is 5.78 Å². The Kier molecular flexibility index (Phi) is 2.22. The van der Waals surface area contributed by atoms with Gasteiger partial charge in [-0.1, -0.05) is 23.7 Å². The van der Waals surface area contributed by atoms with E-state index in [2.05, 4.69) is 4.98 Å². The predicted molar refractivity (Wildman–Crippen MR) is 56.8 cm³/mol. The monoisotopic (exact) mass is 205 g/mol. The summed E-state index contributed by atoms with van der Waals surface area (Å²) in [5, 5.41) is 2.46. The fourth-order valence-electron chi connectivity index (χ4n) is 1.32. The molecule has 0 saturated heterocycles. The Morgan fingerprint density at radius 1 is 1.43 bits per heavy atom. The van der Waals surface area contributed by atoms with Crippen LogP contribution in [-0.4, -0.2) is 10.8 Å². The summed E-state index contributed by atoms with van der Waals surface area (Å²) in [5.74, 6) is -0.0492. The molecule has 0 spiro atoms. The molecule has 3 heteroatoms. The van der Waals surface area contributed by atoms with Crippen LogP contribution in [0.1, 0.15) is 17.4 Å². The minimum Gasteiger partial charge on any atom is -0.293 e. The lowest BCUT2D eigenvalue weighted by Crippen LogP contribution is -1.95. The van der Waals surface area contributed by atoms with Crippen LogP contribution in [0.3, 0.4) is 0 Å². The summed E-state index contributed by atoms with van der Waals surface area (Å²) < 4.78 is 0. The SMILES string of the molecule is CC(=O)c1cc2c(Cl)cccc2cn1. The molecule has 1 aromatic carbocycles. The molecule has 0 N–H and O–H groups in total. The molecule has 2 aromatic rings. The highest BCUT2D eigenvalue weighted by Crippen LogP contribution is 2.23. The van der Waals surface area contributed by atoms with E-state index >= 15 is 0 Å². The number of pyridine rings is 1. The quantitative estimate of drug-likeness (QED) is 0.670. The third-order valence-corrected chi connectivity index (χ3v) is 2.40. The van der Waals surface area contributed by atoms with Gasteiger partial charge in [0, 0.05) is 28.9 Å². The second-order valence-corrected chi connectivity index (χ2v) is 3.49. The minimum absolute atomic E-state index is 0.0492. The van der Waals surface area contributed by atoms with Crippen molar-refractivity contribution >= 4 is 28.2 Å². The standard InChI is InChI=1S/C11H8ClNO/c1-7(14)11-5-9-8(6-13-11)3-2-4-10(9)12/h2-6H,1H3. The van der Waals surface area contributed by atoms with Gasteiger partial charge in [-0.3, -0.25) is 9.78 Å². The van der Waals surface area contributed by atoms with Crippen molar-refractivity contribution in [2.45, 2.75) is 6.92 Å². The molecule has 0 fully saturated rings. The second kappa shape index (κ2) is 3.39. The molecule has 0 amide bonds. The Labute approximate surface area is 86.5 Å². The van der Waals surface area contributed by atoms with E-state index in [1.165, 1.54) is 6.92 Å². The van der Waals surface area contributed by atoms with Crippen LogP contribution in [-0.2, 0) is 0 Å². The van der Waals surface area contributed by atoms with E-state index in [0.717, 1.165) is 10.8 Å². The molecule has 14 heavy (non-hydrogen) atoms. The van der Waals surface area contributed by atoms with E-state index in [-0.39, 0.29) is 5.78 Å². The van der Waals surface area contributed by atoms with Gasteiger partial charge in [0.25, 0.3) is 0 Å². The molecule has 0 radical (unpaired) electrons. The van der Waals surface area contributed by atoms with E-state index in [9.17, 15) is 4.79 Å². The summed E-state index contributed by atoms with van der Waals surface area (Å²) in [4.78, 5) is 15.1. The zero-order valence-electron chi connectivity index (χ0n) is 7.62. The second-order valence-electron chi connectivity index (χ2n) is 3.09. The number of aromatic nitrogens is 1. The van der Waals surface area contributed by atoms with Crippen molar-refractivity contribution in [1.82, 2.24) is 4.98 Å². The van der Waals surface area contributed by atoms with Gasteiger partial charge in [0.2, 0.25) is 0 Å². The number of carbonyl (C=O) groups is 1. The summed E-state index contributed by atoms with van der Waals surface area (Å²) in [7, 11) is 0. The van der Waals surface area contributed by atoms with E-state index in [0.29, 0.717) is 10.7 Å². The molecule has 0 unspecified atom stereocenters. The van der Waals surface area contributed by atoms with Crippen LogP contribution in [0.25, 0.3) is 10.8 Å². The highest BCUT2D eigenvalue weighted by Gasteiger charge is 2.04. The van der Waals surface area contributed by atoms with Crippen LogP contribution in [0.5, 0.6) is 0 Å². The molecule has 70 valence electrons. The van der Waals surface area contributed by atoms with Crippen molar-refractivity contribution in [1.29, 1.82) is 0 Å². The molecule has 2 rings (SSSR count). The van der Waals surface area contributed by atoms with Crippen LogP contribution in [0.2, 0.25) is 5.02 Å². The van der Waals surface area contributed by atoms with E-state index < -0.39 is 0 Å². The van der Waals surface area contributed by atoms with Crippen LogP contribution in [0, 0.1) is 0 Å². The molecule has 0 aliphatic carbocycles. The lowest BCUT2D eigenvalue weighted by molar-refractivity contribution is 0.101. The predicted octanol–water partition coefficient (Wildman–Crippen LogP) is 3.09. The van der Waals surface area contributed by atoms with Crippen molar-refractivity contribution in [2.75, 3.05) is 0 Å². The Morgan fingerprint density at radius 3 is 2.93 bits per heavy atom. The van der Waals surface area contributed by atoms with Gasteiger partial charge in [-0.2, -0.15) is 0 Å². The first-order valence-electron chi connectivity index (χ1n) is 4.23. The zero-order valence-corrected chi connectivity index (χ0v) is 8.38. The summed E-state index contributed by atoms with van der Waals surface area (Å²) in [6.45, 7) is 1.49. The average Bonchev–Trinajstić information content (AvgIpc) is 2.18.